The molecule has 0 aliphatic heterocycles. The number of carbonyl (C=O) groups is 4. The molecule has 8 N–H and O–H groups in total. The first-order valence-corrected chi connectivity index (χ1v) is 17.5. The summed E-state index contributed by atoms with van der Waals surface area (Å²) in [5.74, 6) is -5.14. The van der Waals surface area contributed by atoms with Gasteiger partial charge >= 0.3 is 23.9 Å². The molecule has 0 radical (unpaired) electrons. The molecule has 5 rings (SSSR count). The zero-order valence-electron chi connectivity index (χ0n) is 29.1. The molecule has 0 spiro atoms. The van der Waals surface area contributed by atoms with E-state index in [4.69, 9.17) is 5.73 Å². The van der Waals surface area contributed by atoms with E-state index in [1.165, 1.54) is 11.3 Å². The van der Waals surface area contributed by atoms with Crippen molar-refractivity contribution in [2.75, 3.05) is 22.1 Å². The number of nitrogens with two attached hydrogens (primary N) is 1. The Balaban J connectivity index is 1.64. The molecule has 0 saturated heterocycles. The lowest BCUT2D eigenvalue weighted by Crippen LogP contribution is -2.15. The van der Waals surface area contributed by atoms with Crippen molar-refractivity contribution in [3.63, 3.8) is 0 Å². The zero-order chi connectivity index (χ0) is 39.5. The predicted molar refractivity (Wildman–Crippen MR) is 197 cm³/mol. The molecule has 0 fully saturated rings. The van der Waals surface area contributed by atoms with Gasteiger partial charge in [0.2, 0.25) is 11.9 Å². The molecule has 280 valence electrons. The number of azo groups is 1. The molecule has 0 unspecified atom stereocenters. The van der Waals surface area contributed by atoms with Crippen molar-refractivity contribution in [1.82, 2.24) is 34.9 Å². The highest BCUT2D eigenvalue weighted by Crippen LogP contribution is 2.38. The Morgan fingerprint density at radius 2 is 1.28 bits per heavy atom. The van der Waals surface area contributed by atoms with Gasteiger partial charge in [-0.15, -0.1) is 20.4 Å². The van der Waals surface area contributed by atoms with E-state index in [0.717, 1.165) is 51.2 Å². The van der Waals surface area contributed by atoms with E-state index in [-0.39, 0.29) is 68.1 Å². The van der Waals surface area contributed by atoms with E-state index < -0.39 is 29.3 Å². The molecule has 54 heavy (non-hydrogen) atoms. The molecule has 0 atom stereocenters. The molecule has 20 nitrogen and oxygen atoms in total. The second kappa shape index (κ2) is 15.6. The van der Waals surface area contributed by atoms with Crippen LogP contribution in [-0.4, -0.2) is 85.0 Å². The van der Waals surface area contributed by atoms with E-state index in [1.807, 2.05) is 20.8 Å². The van der Waals surface area contributed by atoms with Crippen molar-refractivity contribution < 1.29 is 39.6 Å². The van der Waals surface area contributed by atoms with Crippen molar-refractivity contribution >= 4 is 86.9 Å². The van der Waals surface area contributed by atoms with Gasteiger partial charge in [0, 0.05) is 22.5 Å². The van der Waals surface area contributed by atoms with Gasteiger partial charge in [-0.1, -0.05) is 57.7 Å². The maximum Gasteiger partial charge on any atom is 0.335 e. The molecule has 3 aromatic heterocycles. The molecule has 0 bridgehead atoms. The van der Waals surface area contributed by atoms with E-state index in [0.29, 0.717) is 11.6 Å². The van der Waals surface area contributed by atoms with Crippen molar-refractivity contribution in [1.29, 1.82) is 0 Å². The number of carboxylic acid groups (broad SMARTS) is 4. The molecular formula is C32H32N12O8S2. The van der Waals surface area contributed by atoms with Gasteiger partial charge in [0.05, 0.1) is 27.9 Å². The maximum absolute atomic E-state index is 11.8. The third-order valence-corrected chi connectivity index (χ3v) is 9.32. The topological polar surface area (TPSA) is 306 Å². The molecule has 5 aromatic rings. The lowest BCUT2D eigenvalue weighted by atomic mass is 9.91. The Morgan fingerprint density at radius 3 is 1.70 bits per heavy atom. The number of anilines is 5. The summed E-state index contributed by atoms with van der Waals surface area (Å²) in [6.45, 7) is 9.77. The molecule has 0 aliphatic carbocycles. The summed E-state index contributed by atoms with van der Waals surface area (Å²) in [5.41, 5.74) is 5.05. The van der Waals surface area contributed by atoms with Crippen molar-refractivity contribution in [2.24, 2.45) is 16.1 Å². The van der Waals surface area contributed by atoms with Crippen molar-refractivity contribution in [3.05, 3.63) is 64.3 Å². The minimum Gasteiger partial charge on any atom is -0.478 e. The van der Waals surface area contributed by atoms with Gasteiger partial charge in [-0.05, 0) is 42.3 Å². The number of aromatic nitrogens is 7. The number of nitrogens with one attached hydrogen (secondary N) is 2. The van der Waals surface area contributed by atoms with Gasteiger partial charge in [0.15, 0.2) is 15.8 Å². The quantitative estimate of drug-likeness (QED) is 0.0485. The van der Waals surface area contributed by atoms with Gasteiger partial charge in [-0.3, -0.25) is 0 Å². The Kier molecular flexibility index (Phi) is 11.2. The lowest BCUT2D eigenvalue weighted by Gasteiger charge is -2.15. The van der Waals surface area contributed by atoms with Crippen LogP contribution in [0.2, 0.25) is 0 Å². The summed E-state index contributed by atoms with van der Waals surface area (Å²) in [6, 6.07) is 6.55. The van der Waals surface area contributed by atoms with Crippen LogP contribution < -0.4 is 16.4 Å². The molecule has 0 amide bonds. The Labute approximate surface area is 313 Å². The SMILES string of the molecule is CC(C)CSc1nnc(N=Nc2c(C(C)(C)C)nn(-c3nc(Nc4cc(C(=O)O)cc(C(=O)O)c4)nc(Nc4cc(C(=O)O)cc(C(=O)O)c4)n3)c2N)s1. The van der Waals surface area contributed by atoms with Gasteiger partial charge < -0.3 is 36.8 Å². The summed E-state index contributed by atoms with van der Waals surface area (Å²) in [5, 5.41) is 65.7. The summed E-state index contributed by atoms with van der Waals surface area (Å²) < 4.78 is 1.86. The first kappa shape index (κ1) is 38.7. The highest BCUT2D eigenvalue weighted by atomic mass is 32.2. The van der Waals surface area contributed by atoms with Crippen LogP contribution in [0.5, 0.6) is 0 Å². The smallest absolute Gasteiger partial charge is 0.335 e. The monoisotopic (exact) mass is 776 g/mol. The second-order valence-electron chi connectivity index (χ2n) is 12.9. The highest BCUT2D eigenvalue weighted by molar-refractivity contribution is 8.01. The number of rotatable bonds is 14. The number of carboxylic acids is 4. The largest absolute Gasteiger partial charge is 0.478 e. The first-order valence-electron chi connectivity index (χ1n) is 15.7. The van der Waals surface area contributed by atoms with Gasteiger partial charge in [-0.25, -0.2) is 19.2 Å². The van der Waals surface area contributed by atoms with E-state index in [1.54, 1.807) is 11.8 Å². The zero-order valence-corrected chi connectivity index (χ0v) is 30.7. The first-order chi connectivity index (χ1) is 25.4. The number of hydrogen-bond acceptors (Lipinski definition) is 17. The Hall–Kier alpha value is -6.55. The average Bonchev–Trinajstić information content (AvgIpc) is 3.69. The third-order valence-electron chi connectivity index (χ3n) is 6.96. The fourth-order valence-corrected chi connectivity index (χ4v) is 6.17. The number of aromatic carboxylic acids is 4. The minimum atomic E-state index is -1.40. The molecule has 0 aliphatic rings. The molecule has 3 heterocycles. The van der Waals surface area contributed by atoms with Crippen LogP contribution in [0.1, 0.15) is 81.7 Å². The normalized spacial score (nSPS) is 11.6. The van der Waals surface area contributed by atoms with Crippen LogP contribution in [0.3, 0.4) is 0 Å². The van der Waals surface area contributed by atoms with Crippen molar-refractivity contribution in [3.8, 4) is 5.95 Å². The summed E-state index contributed by atoms with van der Waals surface area (Å²) in [4.78, 5) is 60.2. The summed E-state index contributed by atoms with van der Waals surface area (Å²) in [7, 11) is 0. The highest BCUT2D eigenvalue weighted by Gasteiger charge is 2.28. The fourth-order valence-electron chi connectivity index (χ4n) is 4.53. The van der Waals surface area contributed by atoms with E-state index >= 15 is 0 Å². The van der Waals surface area contributed by atoms with Crippen LogP contribution in [0, 0.1) is 5.92 Å². The number of benzene rings is 2. The summed E-state index contributed by atoms with van der Waals surface area (Å²) >= 11 is 2.80. The van der Waals surface area contributed by atoms with E-state index in [2.05, 4.69) is 65.0 Å². The maximum atomic E-state index is 11.8. The molecular weight excluding hydrogens is 745 g/mol. The van der Waals surface area contributed by atoms with Crippen molar-refractivity contribution in [2.45, 2.75) is 44.4 Å². The van der Waals surface area contributed by atoms with Crippen LogP contribution >= 0.6 is 23.1 Å². The molecule has 2 aromatic carbocycles. The van der Waals surface area contributed by atoms with E-state index in [9.17, 15) is 39.6 Å². The standard InChI is InChI=1S/C32H32N12O8S2/c1-13(2)12-53-31-42-41-30(54-31)40-39-20-21(32(3,4)5)43-44(22(20)33)29-37-27(34-18-8-14(23(45)46)6-15(9-18)24(47)48)36-28(38-29)35-19-10-16(25(49)50)7-17(11-19)26(51)52/h6-11,13H,12,33H2,1-5H3,(H,45,46)(H,47,48)(H,49,50)(H,51,52)(H2,34,35,36,37,38). The van der Waals surface area contributed by atoms with Crippen LogP contribution in [0.4, 0.5) is 39.9 Å². The number of hydrogen-bond donors (Lipinski definition) is 7. The third kappa shape index (κ3) is 9.27. The molecule has 22 heteroatoms. The minimum absolute atomic E-state index is 0.0299. The Morgan fingerprint density at radius 1 is 0.796 bits per heavy atom. The van der Waals surface area contributed by atoms with Crippen LogP contribution in [0.25, 0.3) is 5.95 Å². The van der Waals surface area contributed by atoms with Crippen LogP contribution in [-0.2, 0) is 5.41 Å². The second-order valence-corrected chi connectivity index (χ2v) is 15.1. The average molecular weight is 777 g/mol. The Bertz CT molecular complexity index is 2160. The number of thioether (sulfide) groups is 1. The van der Waals surface area contributed by atoms with Gasteiger partial charge in [0.1, 0.15) is 0 Å². The lowest BCUT2D eigenvalue weighted by molar-refractivity contribution is 0.0676. The number of nitrogen functional groups attached to an aromatic ring is 1. The molecule has 0 saturated carbocycles. The number of nitrogens with zero attached hydrogens (tertiary/aromatic N) is 9. The van der Waals surface area contributed by atoms with Gasteiger partial charge in [-0.2, -0.15) is 24.7 Å². The predicted octanol–water partition coefficient (Wildman–Crippen LogP) is 6.23. The van der Waals surface area contributed by atoms with Gasteiger partial charge in [0.25, 0.3) is 11.1 Å². The van der Waals surface area contributed by atoms with Crippen LogP contribution in [0.15, 0.2) is 51.0 Å². The fraction of sp³-hybridized carbons (Fsp3) is 0.250. The summed E-state index contributed by atoms with van der Waals surface area (Å²) in [6.07, 6.45) is 0.